The Morgan fingerprint density at radius 2 is 2.22 bits per heavy atom. The van der Waals surface area contributed by atoms with Crippen molar-refractivity contribution in [3.63, 3.8) is 0 Å². The van der Waals surface area contributed by atoms with Crippen LogP contribution in [-0.4, -0.2) is 23.9 Å². The van der Waals surface area contributed by atoms with Crippen LogP contribution in [0.15, 0.2) is 18.2 Å². The normalized spacial score (nSPS) is 9.89. The summed E-state index contributed by atoms with van der Waals surface area (Å²) in [6, 6.07) is 3.70. The SMILES string of the molecule is CCCNC(=O)CNc1cccc(F)c1[N+](=O)[O-]. The van der Waals surface area contributed by atoms with Gasteiger partial charge in [-0.05, 0) is 18.6 Å². The molecule has 0 atom stereocenters. The Morgan fingerprint density at radius 1 is 1.50 bits per heavy atom. The van der Waals surface area contributed by atoms with Gasteiger partial charge in [-0.1, -0.05) is 13.0 Å². The van der Waals surface area contributed by atoms with Crippen molar-refractivity contribution in [3.8, 4) is 0 Å². The summed E-state index contributed by atoms with van der Waals surface area (Å²) in [5, 5.41) is 15.8. The van der Waals surface area contributed by atoms with E-state index >= 15 is 0 Å². The number of amides is 1. The Kier molecular flexibility index (Phi) is 5.04. The minimum Gasteiger partial charge on any atom is -0.370 e. The lowest BCUT2D eigenvalue weighted by atomic mass is 10.2. The van der Waals surface area contributed by atoms with E-state index in [1.54, 1.807) is 0 Å². The van der Waals surface area contributed by atoms with Crippen molar-refractivity contribution in [3.05, 3.63) is 34.1 Å². The maximum atomic E-state index is 13.2. The highest BCUT2D eigenvalue weighted by Crippen LogP contribution is 2.26. The van der Waals surface area contributed by atoms with E-state index in [-0.39, 0.29) is 18.1 Å². The molecule has 0 aromatic heterocycles. The fourth-order valence-corrected chi connectivity index (χ4v) is 1.35. The minimum absolute atomic E-state index is 0.00773. The molecule has 6 nitrogen and oxygen atoms in total. The third-order valence-electron chi connectivity index (χ3n) is 2.18. The molecule has 0 aliphatic carbocycles. The summed E-state index contributed by atoms with van der Waals surface area (Å²) in [7, 11) is 0. The number of nitrogens with zero attached hydrogens (tertiary/aromatic N) is 1. The van der Waals surface area contributed by atoms with E-state index in [1.165, 1.54) is 12.1 Å². The summed E-state index contributed by atoms with van der Waals surface area (Å²) in [5.74, 6) is -1.23. The van der Waals surface area contributed by atoms with Gasteiger partial charge >= 0.3 is 5.69 Å². The number of halogens is 1. The van der Waals surface area contributed by atoms with E-state index in [0.717, 1.165) is 12.5 Å². The Bertz CT molecular complexity index is 451. The summed E-state index contributed by atoms with van der Waals surface area (Å²) in [5.41, 5.74) is -0.660. The van der Waals surface area contributed by atoms with Crippen molar-refractivity contribution in [2.45, 2.75) is 13.3 Å². The van der Waals surface area contributed by atoms with Crippen LogP contribution in [-0.2, 0) is 4.79 Å². The first kappa shape index (κ1) is 13.9. The number of para-hydroxylation sites is 1. The average molecular weight is 255 g/mol. The van der Waals surface area contributed by atoms with Crippen molar-refractivity contribution in [1.82, 2.24) is 5.32 Å². The molecule has 1 rings (SSSR count). The molecule has 0 unspecified atom stereocenters. The first-order chi connectivity index (χ1) is 8.56. The fraction of sp³-hybridized carbons (Fsp3) is 0.364. The number of anilines is 1. The number of hydrogen-bond acceptors (Lipinski definition) is 4. The second-order valence-electron chi connectivity index (χ2n) is 3.60. The topological polar surface area (TPSA) is 84.3 Å². The van der Waals surface area contributed by atoms with Crippen molar-refractivity contribution in [2.75, 3.05) is 18.4 Å². The van der Waals surface area contributed by atoms with Crippen molar-refractivity contribution < 1.29 is 14.1 Å². The molecule has 1 aromatic carbocycles. The molecular formula is C11H14FN3O3. The number of rotatable bonds is 6. The molecule has 98 valence electrons. The van der Waals surface area contributed by atoms with E-state index < -0.39 is 16.4 Å². The van der Waals surface area contributed by atoms with Crippen LogP contribution in [0.4, 0.5) is 15.8 Å². The molecule has 1 aromatic rings. The quantitative estimate of drug-likeness (QED) is 0.598. The van der Waals surface area contributed by atoms with Gasteiger partial charge in [0.05, 0.1) is 11.5 Å². The lowest BCUT2D eigenvalue weighted by molar-refractivity contribution is -0.386. The molecule has 1 amide bonds. The van der Waals surface area contributed by atoms with Crippen molar-refractivity contribution >= 4 is 17.3 Å². The van der Waals surface area contributed by atoms with Gasteiger partial charge in [0.25, 0.3) is 0 Å². The highest BCUT2D eigenvalue weighted by molar-refractivity contribution is 5.81. The molecule has 18 heavy (non-hydrogen) atoms. The Hall–Kier alpha value is -2.18. The summed E-state index contributed by atoms with van der Waals surface area (Å²) in [6.07, 6.45) is 0.797. The van der Waals surface area contributed by atoms with Crippen LogP contribution in [0.25, 0.3) is 0 Å². The maximum absolute atomic E-state index is 13.2. The number of carbonyl (C=O) groups is 1. The molecular weight excluding hydrogens is 241 g/mol. The van der Waals surface area contributed by atoms with Crippen LogP contribution in [0.3, 0.4) is 0 Å². The van der Waals surface area contributed by atoms with E-state index in [2.05, 4.69) is 10.6 Å². The van der Waals surface area contributed by atoms with Crippen LogP contribution in [0, 0.1) is 15.9 Å². The molecule has 2 N–H and O–H groups in total. The summed E-state index contributed by atoms with van der Waals surface area (Å²) >= 11 is 0. The van der Waals surface area contributed by atoms with E-state index in [4.69, 9.17) is 0 Å². The van der Waals surface area contributed by atoms with Crippen LogP contribution in [0.5, 0.6) is 0 Å². The smallest absolute Gasteiger partial charge is 0.327 e. The Balaban J connectivity index is 2.70. The van der Waals surface area contributed by atoms with Crippen molar-refractivity contribution in [1.29, 1.82) is 0 Å². The third-order valence-corrected chi connectivity index (χ3v) is 2.18. The highest BCUT2D eigenvalue weighted by atomic mass is 19.1. The Morgan fingerprint density at radius 3 is 2.83 bits per heavy atom. The minimum atomic E-state index is -0.932. The summed E-state index contributed by atoms with van der Waals surface area (Å²) in [6.45, 7) is 2.31. The zero-order valence-corrected chi connectivity index (χ0v) is 9.90. The van der Waals surface area contributed by atoms with Crippen molar-refractivity contribution in [2.24, 2.45) is 0 Å². The number of hydrogen-bond donors (Lipinski definition) is 2. The van der Waals surface area contributed by atoms with Gasteiger partial charge < -0.3 is 10.6 Å². The Labute approximate surface area is 103 Å². The standard InChI is InChI=1S/C11H14FN3O3/c1-2-6-13-10(16)7-14-9-5-3-4-8(12)11(9)15(17)18/h3-5,14H,2,6-7H2,1H3,(H,13,16). The number of nitro groups is 1. The molecule has 0 bridgehead atoms. The lowest BCUT2D eigenvalue weighted by Gasteiger charge is -2.07. The van der Waals surface area contributed by atoms with Gasteiger partial charge in [-0.3, -0.25) is 14.9 Å². The predicted octanol–water partition coefficient (Wildman–Crippen LogP) is 1.67. The molecule has 0 aliphatic rings. The second-order valence-corrected chi connectivity index (χ2v) is 3.60. The third kappa shape index (κ3) is 3.69. The molecule has 0 fully saturated rings. The first-order valence-electron chi connectivity index (χ1n) is 5.49. The first-order valence-corrected chi connectivity index (χ1v) is 5.49. The van der Waals surface area contributed by atoms with Gasteiger partial charge in [-0.15, -0.1) is 0 Å². The lowest BCUT2D eigenvalue weighted by Crippen LogP contribution is -2.30. The van der Waals surface area contributed by atoms with Gasteiger partial charge in [0.15, 0.2) is 0 Å². The molecule has 0 spiro atoms. The van der Waals surface area contributed by atoms with Gasteiger partial charge in [0.1, 0.15) is 5.69 Å². The van der Waals surface area contributed by atoms with Gasteiger partial charge in [-0.2, -0.15) is 4.39 Å². The monoisotopic (exact) mass is 255 g/mol. The molecule has 0 radical (unpaired) electrons. The maximum Gasteiger partial charge on any atom is 0.327 e. The molecule has 0 heterocycles. The fourth-order valence-electron chi connectivity index (χ4n) is 1.35. The van der Waals surface area contributed by atoms with Gasteiger partial charge in [0, 0.05) is 6.54 Å². The largest absolute Gasteiger partial charge is 0.370 e. The van der Waals surface area contributed by atoms with Crippen LogP contribution in [0.1, 0.15) is 13.3 Å². The average Bonchev–Trinajstić information content (AvgIpc) is 2.33. The summed E-state index contributed by atoms with van der Waals surface area (Å²) in [4.78, 5) is 21.2. The summed E-state index contributed by atoms with van der Waals surface area (Å²) < 4.78 is 13.2. The zero-order valence-electron chi connectivity index (χ0n) is 9.90. The number of benzene rings is 1. The number of nitrogens with one attached hydrogen (secondary N) is 2. The number of nitro benzene ring substituents is 1. The molecule has 7 heteroatoms. The molecule has 0 saturated carbocycles. The van der Waals surface area contributed by atoms with E-state index in [1.807, 2.05) is 6.92 Å². The zero-order chi connectivity index (χ0) is 13.5. The van der Waals surface area contributed by atoms with Crippen LogP contribution in [0.2, 0.25) is 0 Å². The predicted molar refractivity (Wildman–Crippen MR) is 64.8 cm³/mol. The van der Waals surface area contributed by atoms with Crippen LogP contribution >= 0.6 is 0 Å². The van der Waals surface area contributed by atoms with E-state index in [0.29, 0.717) is 6.54 Å². The second kappa shape index (κ2) is 6.53. The van der Waals surface area contributed by atoms with Gasteiger partial charge in [0.2, 0.25) is 11.7 Å². The molecule has 0 aliphatic heterocycles. The van der Waals surface area contributed by atoms with Crippen LogP contribution < -0.4 is 10.6 Å². The highest BCUT2D eigenvalue weighted by Gasteiger charge is 2.19. The van der Waals surface area contributed by atoms with Gasteiger partial charge in [-0.25, -0.2) is 0 Å². The number of carbonyl (C=O) groups excluding carboxylic acids is 1. The van der Waals surface area contributed by atoms with E-state index in [9.17, 15) is 19.3 Å². The molecule has 0 saturated heterocycles.